The molecule has 2 aromatic carbocycles. The number of para-hydroxylation sites is 2. The van der Waals surface area contributed by atoms with Gasteiger partial charge >= 0.3 is 0 Å². The van der Waals surface area contributed by atoms with E-state index in [4.69, 9.17) is 18.0 Å². The lowest BCUT2D eigenvalue weighted by molar-refractivity contribution is 0.618. The summed E-state index contributed by atoms with van der Waals surface area (Å²) in [7, 11) is 0. The highest BCUT2D eigenvalue weighted by atomic mass is 32.1. The molecule has 102 valence electrons. The fourth-order valence-electron chi connectivity index (χ4n) is 2.95. The molecule has 1 heterocycles. The second-order valence-electron chi connectivity index (χ2n) is 5.27. The van der Waals surface area contributed by atoms with Gasteiger partial charge in [-0.1, -0.05) is 42.5 Å². The number of nitrogens with two attached hydrogens (primary N) is 1. The first-order valence-corrected chi connectivity index (χ1v) is 7.35. The first kappa shape index (κ1) is 13.1. The van der Waals surface area contributed by atoms with Gasteiger partial charge in [-0.05, 0) is 43.5 Å². The van der Waals surface area contributed by atoms with E-state index >= 15 is 0 Å². The third-order valence-electron chi connectivity index (χ3n) is 3.95. The maximum Gasteiger partial charge on any atom is 0.106 e. The number of fused-ring (bicyclic) bond motifs is 1. The molecule has 0 amide bonds. The second kappa shape index (κ2) is 5.25. The fourth-order valence-corrected chi connectivity index (χ4v) is 3.12. The Bertz CT molecular complexity index is 651. The molecule has 1 unspecified atom stereocenters. The standard InChI is InChI=1S/C17H18N2S/c1-12-10-11-13-6-2-4-8-15(13)19(12)16-9-5-3-7-14(16)17(18)20/h2-9,12H,10-11H2,1H3,(H2,18,20). The molecule has 0 saturated heterocycles. The molecule has 3 heteroatoms. The predicted molar refractivity (Wildman–Crippen MR) is 88.7 cm³/mol. The van der Waals surface area contributed by atoms with Crippen molar-refractivity contribution in [1.29, 1.82) is 0 Å². The van der Waals surface area contributed by atoms with E-state index in [1.165, 1.54) is 11.3 Å². The molecular weight excluding hydrogens is 264 g/mol. The van der Waals surface area contributed by atoms with Gasteiger partial charge < -0.3 is 10.6 Å². The zero-order valence-electron chi connectivity index (χ0n) is 11.5. The Hall–Kier alpha value is -1.87. The minimum Gasteiger partial charge on any atom is -0.389 e. The largest absolute Gasteiger partial charge is 0.389 e. The Kier molecular flexibility index (Phi) is 3.45. The predicted octanol–water partition coefficient (Wildman–Crippen LogP) is 3.79. The van der Waals surface area contributed by atoms with Crippen LogP contribution in [-0.2, 0) is 6.42 Å². The van der Waals surface area contributed by atoms with E-state index in [2.05, 4.69) is 42.2 Å². The first-order chi connectivity index (χ1) is 9.68. The number of thiocarbonyl (C=S) groups is 1. The van der Waals surface area contributed by atoms with Crippen LogP contribution in [0.15, 0.2) is 48.5 Å². The molecule has 1 aliphatic rings. The summed E-state index contributed by atoms with van der Waals surface area (Å²) in [6.07, 6.45) is 2.27. The molecule has 3 rings (SSSR count). The topological polar surface area (TPSA) is 29.3 Å². The highest BCUT2D eigenvalue weighted by molar-refractivity contribution is 7.80. The van der Waals surface area contributed by atoms with Crippen molar-refractivity contribution in [3.05, 3.63) is 59.7 Å². The molecule has 20 heavy (non-hydrogen) atoms. The minimum absolute atomic E-state index is 0.445. The summed E-state index contributed by atoms with van der Waals surface area (Å²) in [5.74, 6) is 0. The number of benzene rings is 2. The molecule has 0 radical (unpaired) electrons. The van der Waals surface area contributed by atoms with Gasteiger partial charge in [0.05, 0.1) is 5.69 Å². The molecule has 2 N–H and O–H groups in total. The van der Waals surface area contributed by atoms with Gasteiger partial charge in [0.1, 0.15) is 4.99 Å². The van der Waals surface area contributed by atoms with Crippen LogP contribution in [-0.4, -0.2) is 11.0 Å². The Balaban J connectivity index is 2.17. The summed E-state index contributed by atoms with van der Waals surface area (Å²) >= 11 is 5.21. The van der Waals surface area contributed by atoms with Crippen molar-refractivity contribution in [1.82, 2.24) is 0 Å². The van der Waals surface area contributed by atoms with Crippen LogP contribution in [0, 0.1) is 0 Å². The van der Waals surface area contributed by atoms with E-state index in [1.807, 2.05) is 18.2 Å². The Morgan fingerprint density at radius 1 is 1.10 bits per heavy atom. The summed E-state index contributed by atoms with van der Waals surface area (Å²) in [6, 6.07) is 17.2. The van der Waals surface area contributed by atoms with Gasteiger partial charge in [0.15, 0.2) is 0 Å². The van der Waals surface area contributed by atoms with Crippen molar-refractivity contribution in [2.45, 2.75) is 25.8 Å². The molecule has 0 fully saturated rings. The van der Waals surface area contributed by atoms with Crippen molar-refractivity contribution < 1.29 is 0 Å². The van der Waals surface area contributed by atoms with E-state index in [0.29, 0.717) is 11.0 Å². The summed E-state index contributed by atoms with van der Waals surface area (Å²) in [4.78, 5) is 2.82. The van der Waals surface area contributed by atoms with Gasteiger partial charge in [-0.25, -0.2) is 0 Å². The lowest BCUT2D eigenvalue weighted by Gasteiger charge is -2.38. The highest BCUT2D eigenvalue weighted by Gasteiger charge is 2.25. The zero-order valence-corrected chi connectivity index (χ0v) is 12.4. The monoisotopic (exact) mass is 282 g/mol. The van der Waals surface area contributed by atoms with Gasteiger partial charge in [0, 0.05) is 17.3 Å². The van der Waals surface area contributed by atoms with Crippen LogP contribution in [0.5, 0.6) is 0 Å². The lowest BCUT2D eigenvalue weighted by atomic mass is 9.95. The Labute approximate surface area is 125 Å². The third-order valence-corrected chi connectivity index (χ3v) is 4.17. The van der Waals surface area contributed by atoms with Crippen molar-refractivity contribution >= 4 is 28.6 Å². The number of hydrogen-bond donors (Lipinski definition) is 1. The van der Waals surface area contributed by atoms with Gasteiger partial charge in [-0.3, -0.25) is 0 Å². The molecule has 0 aromatic heterocycles. The average Bonchev–Trinajstić information content (AvgIpc) is 2.47. The van der Waals surface area contributed by atoms with Gasteiger partial charge in [-0.15, -0.1) is 0 Å². The second-order valence-corrected chi connectivity index (χ2v) is 5.71. The third kappa shape index (κ3) is 2.18. The van der Waals surface area contributed by atoms with Gasteiger partial charge in [0.25, 0.3) is 0 Å². The highest BCUT2D eigenvalue weighted by Crippen LogP contribution is 2.38. The smallest absolute Gasteiger partial charge is 0.106 e. The average molecular weight is 282 g/mol. The van der Waals surface area contributed by atoms with Crippen LogP contribution in [0.25, 0.3) is 0 Å². The molecular formula is C17H18N2S. The molecule has 1 aliphatic heterocycles. The van der Waals surface area contributed by atoms with Gasteiger partial charge in [-0.2, -0.15) is 0 Å². The molecule has 0 saturated carbocycles. The number of aryl methyl sites for hydroxylation is 1. The molecule has 0 spiro atoms. The quantitative estimate of drug-likeness (QED) is 0.850. The van der Waals surface area contributed by atoms with Crippen LogP contribution in [0.4, 0.5) is 11.4 Å². The van der Waals surface area contributed by atoms with E-state index < -0.39 is 0 Å². The normalized spacial score (nSPS) is 17.6. The van der Waals surface area contributed by atoms with Crippen LogP contribution in [0.2, 0.25) is 0 Å². The molecule has 0 aliphatic carbocycles. The van der Waals surface area contributed by atoms with Crippen molar-refractivity contribution in [2.75, 3.05) is 4.90 Å². The number of hydrogen-bond acceptors (Lipinski definition) is 2. The SMILES string of the molecule is CC1CCc2ccccc2N1c1ccccc1C(N)=S. The molecule has 2 aromatic rings. The maximum atomic E-state index is 5.89. The van der Waals surface area contributed by atoms with Crippen molar-refractivity contribution in [3.8, 4) is 0 Å². The summed E-state index contributed by atoms with van der Waals surface area (Å²) in [5.41, 5.74) is 10.6. The van der Waals surface area contributed by atoms with Crippen LogP contribution < -0.4 is 10.6 Å². The van der Waals surface area contributed by atoms with E-state index in [9.17, 15) is 0 Å². The number of anilines is 2. The van der Waals surface area contributed by atoms with Gasteiger partial charge in [0.2, 0.25) is 0 Å². The van der Waals surface area contributed by atoms with E-state index in [0.717, 1.165) is 24.1 Å². The zero-order chi connectivity index (χ0) is 14.1. The van der Waals surface area contributed by atoms with Crippen LogP contribution >= 0.6 is 12.2 Å². The van der Waals surface area contributed by atoms with Crippen molar-refractivity contribution in [2.24, 2.45) is 5.73 Å². The Morgan fingerprint density at radius 2 is 1.75 bits per heavy atom. The minimum atomic E-state index is 0.445. The molecule has 1 atom stereocenters. The first-order valence-electron chi connectivity index (χ1n) is 6.94. The summed E-state index contributed by atoms with van der Waals surface area (Å²) in [5, 5.41) is 0. The van der Waals surface area contributed by atoms with Crippen molar-refractivity contribution in [3.63, 3.8) is 0 Å². The lowest BCUT2D eigenvalue weighted by Crippen LogP contribution is -2.34. The fraction of sp³-hybridized carbons (Fsp3) is 0.235. The molecule has 0 bridgehead atoms. The number of rotatable bonds is 2. The van der Waals surface area contributed by atoms with Crippen LogP contribution in [0.1, 0.15) is 24.5 Å². The molecule has 2 nitrogen and oxygen atoms in total. The van der Waals surface area contributed by atoms with E-state index in [-0.39, 0.29) is 0 Å². The summed E-state index contributed by atoms with van der Waals surface area (Å²) < 4.78 is 0. The van der Waals surface area contributed by atoms with E-state index in [1.54, 1.807) is 0 Å². The Morgan fingerprint density at radius 3 is 2.50 bits per heavy atom. The maximum absolute atomic E-state index is 5.89. The summed E-state index contributed by atoms with van der Waals surface area (Å²) in [6.45, 7) is 2.26. The number of nitrogens with zero attached hydrogens (tertiary/aromatic N) is 1. The van der Waals surface area contributed by atoms with Crippen LogP contribution in [0.3, 0.4) is 0 Å².